The Morgan fingerprint density at radius 1 is 1.53 bits per heavy atom. The standard InChI is InChI=1S/C13H18BrN3OS/c1-13(18,11-5-4-8-19-11)12-10(14)9-15-17(12)7-6-16(2)3/h4-5,8-9,18H,6-7H2,1-3H3. The number of aromatic nitrogens is 2. The Hall–Kier alpha value is -0.690. The molecule has 1 unspecified atom stereocenters. The molecule has 2 rings (SSSR count). The summed E-state index contributed by atoms with van der Waals surface area (Å²) in [6.07, 6.45) is 1.74. The summed E-state index contributed by atoms with van der Waals surface area (Å²) in [4.78, 5) is 3.01. The molecule has 2 aromatic heterocycles. The van der Waals surface area contributed by atoms with Gasteiger partial charge in [0.05, 0.1) is 22.9 Å². The second kappa shape index (κ2) is 5.75. The van der Waals surface area contributed by atoms with Crippen molar-refractivity contribution in [1.29, 1.82) is 0 Å². The zero-order chi connectivity index (χ0) is 14.0. The summed E-state index contributed by atoms with van der Waals surface area (Å²) in [5.74, 6) is 0. The third kappa shape index (κ3) is 3.08. The van der Waals surface area contributed by atoms with Gasteiger partial charge in [-0.2, -0.15) is 5.10 Å². The summed E-state index contributed by atoms with van der Waals surface area (Å²) < 4.78 is 2.70. The van der Waals surface area contributed by atoms with E-state index >= 15 is 0 Å². The van der Waals surface area contributed by atoms with E-state index in [1.54, 1.807) is 17.5 Å². The largest absolute Gasteiger partial charge is 0.378 e. The predicted molar refractivity (Wildman–Crippen MR) is 81.5 cm³/mol. The fourth-order valence-corrected chi connectivity index (χ4v) is 3.45. The highest BCUT2D eigenvalue weighted by Crippen LogP contribution is 2.36. The number of hydrogen-bond acceptors (Lipinski definition) is 4. The highest BCUT2D eigenvalue weighted by atomic mass is 79.9. The SMILES string of the molecule is CN(C)CCn1ncc(Br)c1C(C)(O)c1cccs1. The van der Waals surface area contributed by atoms with Crippen molar-refractivity contribution in [3.05, 3.63) is 38.8 Å². The van der Waals surface area contributed by atoms with Gasteiger partial charge in [-0.3, -0.25) is 4.68 Å². The fraction of sp³-hybridized carbons (Fsp3) is 0.462. The number of thiophene rings is 1. The summed E-state index contributed by atoms with van der Waals surface area (Å²) in [6, 6.07) is 3.89. The topological polar surface area (TPSA) is 41.3 Å². The molecule has 0 saturated carbocycles. The lowest BCUT2D eigenvalue weighted by atomic mass is 10.0. The maximum absolute atomic E-state index is 10.9. The van der Waals surface area contributed by atoms with Crippen LogP contribution in [0.15, 0.2) is 28.2 Å². The number of aliphatic hydroxyl groups is 1. The van der Waals surface area contributed by atoms with Crippen molar-refractivity contribution in [2.75, 3.05) is 20.6 Å². The quantitative estimate of drug-likeness (QED) is 0.906. The molecule has 1 N–H and O–H groups in total. The van der Waals surface area contributed by atoms with Crippen molar-refractivity contribution < 1.29 is 5.11 Å². The van der Waals surface area contributed by atoms with Gasteiger partial charge in [-0.05, 0) is 48.4 Å². The van der Waals surface area contributed by atoms with Crippen LogP contribution in [0.3, 0.4) is 0 Å². The van der Waals surface area contributed by atoms with Crippen molar-refractivity contribution >= 4 is 27.3 Å². The minimum Gasteiger partial charge on any atom is -0.378 e. The predicted octanol–water partition coefficient (Wildman–Crippen LogP) is 2.52. The number of nitrogens with zero attached hydrogens (tertiary/aromatic N) is 3. The van der Waals surface area contributed by atoms with Gasteiger partial charge in [-0.25, -0.2) is 0 Å². The third-order valence-electron chi connectivity index (χ3n) is 3.02. The first-order valence-corrected chi connectivity index (χ1v) is 7.73. The lowest BCUT2D eigenvalue weighted by Crippen LogP contribution is -2.28. The van der Waals surface area contributed by atoms with E-state index in [4.69, 9.17) is 0 Å². The van der Waals surface area contributed by atoms with Crippen LogP contribution >= 0.6 is 27.3 Å². The van der Waals surface area contributed by atoms with Gasteiger partial charge in [0.2, 0.25) is 0 Å². The van der Waals surface area contributed by atoms with Crippen LogP contribution in [0.2, 0.25) is 0 Å². The van der Waals surface area contributed by atoms with Gasteiger partial charge in [0.25, 0.3) is 0 Å². The van der Waals surface area contributed by atoms with Crippen molar-refractivity contribution in [3.8, 4) is 0 Å². The molecule has 1 atom stereocenters. The average Bonchev–Trinajstić information content (AvgIpc) is 2.95. The summed E-state index contributed by atoms with van der Waals surface area (Å²) in [7, 11) is 4.05. The van der Waals surface area contributed by atoms with Gasteiger partial charge in [0.1, 0.15) is 5.60 Å². The van der Waals surface area contributed by atoms with Gasteiger partial charge in [0.15, 0.2) is 0 Å². The number of hydrogen-bond donors (Lipinski definition) is 1. The molecule has 0 fully saturated rings. The molecule has 19 heavy (non-hydrogen) atoms. The first-order valence-electron chi connectivity index (χ1n) is 6.06. The highest BCUT2D eigenvalue weighted by molar-refractivity contribution is 9.10. The van der Waals surface area contributed by atoms with Crippen LogP contribution in [0, 0.1) is 0 Å². The van der Waals surface area contributed by atoms with E-state index in [2.05, 4.69) is 25.9 Å². The molecule has 0 aliphatic heterocycles. The highest BCUT2D eigenvalue weighted by Gasteiger charge is 2.33. The van der Waals surface area contributed by atoms with E-state index in [0.717, 1.165) is 28.1 Å². The molecular weight excluding hydrogens is 326 g/mol. The monoisotopic (exact) mass is 343 g/mol. The van der Waals surface area contributed by atoms with Gasteiger partial charge < -0.3 is 10.0 Å². The van der Waals surface area contributed by atoms with Crippen LogP contribution in [0.5, 0.6) is 0 Å². The minimum absolute atomic E-state index is 0.745. The molecule has 0 amide bonds. The second-order valence-electron chi connectivity index (χ2n) is 4.92. The van der Waals surface area contributed by atoms with Crippen LogP contribution in [0.25, 0.3) is 0 Å². The molecule has 2 aromatic rings. The van der Waals surface area contributed by atoms with Crippen LogP contribution in [-0.2, 0) is 12.1 Å². The Bertz CT molecular complexity index is 534. The van der Waals surface area contributed by atoms with E-state index in [9.17, 15) is 5.11 Å². The Labute approximate surface area is 125 Å². The van der Waals surface area contributed by atoms with Gasteiger partial charge in [0, 0.05) is 11.4 Å². The molecule has 0 saturated heterocycles. The van der Waals surface area contributed by atoms with E-state index < -0.39 is 5.60 Å². The first-order chi connectivity index (χ1) is 8.93. The molecule has 0 bridgehead atoms. The Balaban J connectivity index is 2.36. The number of likely N-dealkylation sites (N-methyl/N-ethyl adjacent to an activating group) is 1. The number of halogens is 1. The van der Waals surface area contributed by atoms with E-state index in [0.29, 0.717) is 0 Å². The minimum atomic E-state index is -1.03. The molecule has 4 nitrogen and oxygen atoms in total. The maximum Gasteiger partial charge on any atom is 0.138 e. The molecule has 0 aliphatic carbocycles. The summed E-state index contributed by atoms with van der Waals surface area (Å²) >= 11 is 5.04. The van der Waals surface area contributed by atoms with Crippen LogP contribution < -0.4 is 0 Å². The molecule has 0 spiro atoms. The Morgan fingerprint density at radius 2 is 2.26 bits per heavy atom. The summed E-state index contributed by atoms with van der Waals surface area (Å²) in [6.45, 7) is 3.43. The van der Waals surface area contributed by atoms with E-state index in [-0.39, 0.29) is 0 Å². The fourth-order valence-electron chi connectivity index (χ4n) is 1.98. The Kier molecular flexibility index (Phi) is 4.45. The van der Waals surface area contributed by atoms with Crippen LogP contribution in [-0.4, -0.2) is 40.4 Å². The summed E-state index contributed by atoms with van der Waals surface area (Å²) in [5, 5.41) is 17.2. The zero-order valence-corrected chi connectivity index (χ0v) is 13.7. The average molecular weight is 344 g/mol. The van der Waals surface area contributed by atoms with Gasteiger partial charge in [-0.15, -0.1) is 11.3 Å². The molecule has 2 heterocycles. The van der Waals surface area contributed by atoms with Gasteiger partial charge in [-0.1, -0.05) is 6.07 Å². The van der Waals surface area contributed by atoms with Gasteiger partial charge >= 0.3 is 0 Å². The van der Waals surface area contributed by atoms with E-state index in [1.807, 2.05) is 43.2 Å². The van der Waals surface area contributed by atoms with Crippen LogP contribution in [0.4, 0.5) is 0 Å². The number of rotatable bonds is 5. The van der Waals surface area contributed by atoms with Crippen molar-refractivity contribution in [3.63, 3.8) is 0 Å². The van der Waals surface area contributed by atoms with E-state index in [1.165, 1.54) is 0 Å². The van der Waals surface area contributed by atoms with Crippen LogP contribution in [0.1, 0.15) is 17.5 Å². The molecular formula is C13H18BrN3OS. The third-order valence-corrected chi connectivity index (χ3v) is 4.68. The second-order valence-corrected chi connectivity index (χ2v) is 6.72. The lowest BCUT2D eigenvalue weighted by molar-refractivity contribution is 0.0939. The van der Waals surface area contributed by atoms with Crippen molar-refractivity contribution in [2.45, 2.75) is 19.1 Å². The molecule has 0 aromatic carbocycles. The lowest BCUT2D eigenvalue weighted by Gasteiger charge is -2.24. The van der Waals surface area contributed by atoms with Crippen molar-refractivity contribution in [2.24, 2.45) is 0 Å². The van der Waals surface area contributed by atoms with Crippen molar-refractivity contribution in [1.82, 2.24) is 14.7 Å². The normalized spacial score (nSPS) is 14.8. The smallest absolute Gasteiger partial charge is 0.138 e. The molecule has 104 valence electrons. The zero-order valence-electron chi connectivity index (χ0n) is 11.3. The Morgan fingerprint density at radius 3 is 2.84 bits per heavy atom. The molecule has 6 heteroatoms. The summed E-state index contributed by atoms with van der Waals surface area (Å²) in [5.41, 5.74) is -0.229. The molecule has 0 radical (unpaired) electrons. The maximum atomic E-state index is 10.9. The molecule has 0 aliphatic rings. The first kappa shape index (κ1) is 14.7.